The largest absolute Gasteiger partial charge is 0.465 e. The van der Waals surface area contributed by atoms with Crippen LogP contribution in [0, 0.1) is 6.92 Å². The highest BCUT2D eigenvalue weighted by Gasteiger charge is 2.25. The molecule has 1 unspecified atom stereocenters. The Morgan fingerprint density at radius 3 is 3.00 bits per heavy atom. The van der Waals surface area contributed by atoms with Crippen LogP contribution >= 0.6 is 22.9 Å². The van der Waals surface area contributed by atoms with E-state index < -0.39 is 0 Å². The van der Waals surface area contributed by atoms with Crippen molar-refractivity contribution in [2.45, 2.75) is 19.6 Å². The van der Waals surface area contributed by atoms with Gasteiger partial charge in [0.15, 0.2) is 6.10 Å². The van der Waals surface area contributed by atoms with Crippen LogP contribution in [-0.2, 0) is 6.54 Å². The van der Waals surface area contributed by atoms with Crippen LogP contribution in [0.15, 0.2) is 17.5 Å². The lowest BCUT2D eigenvalue weighted by Gasteiger charge is -2.17. The number of aryl methyl sites for hydroxylation is 1. The molecule has 0 fully saturated rings. The summed E-state index contributed by atoms with van der Waals surface area (Å²) in [5.74, 6) is 0.620. The number of hydrogen-bond donors (Lipinski definition) is 0. The molecule has 2 aromatic heterocycles. The Kier molecular flexibility index (Phi) is 3.43. The van der Waals surface area contributed by atoms with E-state index in [0.717, 1.165) is 29.4 Å². The third-order valence-corrected chi connectivity index (χ3v) is 4.25. The Hall–Kier alpha value is -1.17. The van der Waals surface area contributed by atoms with Crippen LogP contribution in [0.4, 0.5) is 0 Å². The average Bonchev–Trinajstić information content (AvgIpc) is 2.71. The zero-order chi connectivity index (χ0) is 13.4. The molecule has 1 atom stereocenters. The lowest BCUT2D eigenvalue weighted by Crippen LogP contribution is -2.24. The number of fused-ring (bicyclic) bond motifs is 1. The van der Waals surface area contributed by atoms with Crippen molar-refractivity contribution in [3.8, 4) is 5.88 Å². The van der Waals surface area contributed by atoms with Crippen molar-refractivity contribution in [2.75, 3.05) is 13.6 Å². The van der Waals surface area contributed by atoms with Gasteiger partial charge in [-0.15, -0.1) is 11.3 Å². The summed E-state index contributed by atoms with van der Waals surface area (Å²) in [4.78, 5) is 11.0. The first kappa shape index (κ1) is 12.8. The predicted octanol–water partition coefficient (Wildman–Crippen LogP) is 3.07. The number of thiazole rings is 1. The standard InChI is InChI=1S/C13H14ClN3OS/c1-8-7-19-13(15-8)10-6-17(2)5-9-3-4-11(14)16-12(9)18-10/h3-4,7,10H,5-6H2,1-2H3. The van der Waals surface area contributed by atoms with Crippen molar-refractivity contribution in [3.63, 3.8) is 0 Å². The summed E-state index contributed by atoms with van der Waals surface area (Å²) >= 11 is 7.57. The maximum absolute atomic E-state index is 6.02. The second kappa shape index (κ2) is 5.07. The summed E-state index contributed by atoms with van der Waals surface area (Å²) in [6, 6.07) is 3.77. The fraction of sp³-hybridized carbons (Fsp3) is 0.385. The van der Waals surface area contributed by atoms with Gasteiger partial charge in [-0.3, -0.25) is 4.90 Å². The second-order valence-electron chi connectivity index (χ2n) is 4.73. The fourth-order valence-electron chi connectivity index (χ4n) is 2.13. The molecule has 0 N–H and O–H groups in total. The van der Waals surface area contributed by atoms with Crippen LogP contribution in [0.25, 0.3) is 0 Å². The minimum absolute atomic E-state index is 0.0871. The SMILES string of the molecule is Cc1csc(C2CN(C)Cc3ccc(Cl)nc3O2)n1. The molecular weight excluding hydrogens is 282 g/mol. The van der Waals surface area contributed by atoms with E-state index in [2.05, 4.69) is 21.9 Å². The summed E-state index contributed by atoms with van der Waals surface area (Å²) in [6.45, 7) is 3.59. The van der Waals surface area contributed by atoms with E-state index in [9.17, 15) is 0 Å². The molecule has 0 radical (unpaired) electrons. The molecular formula is C13H14ClN3OS. The summed E-state index contributed by atoms with van der Waals surface area (Å²) in [5.41, 5.74) is 2.08. The van der Waals surface area contributed by atoms with Crippen molar-refractivity contribution in [3.05, 3.63) is 38.9 Å². The lowest BCUT2D eigenvalue weighted by molar-refractivity contribution is 0.159. The number of ether oxygens (including phenoxy) is 1. The fourth-order valence-corrected chi connectivity index (χ4v) is 3.08. The summed E-state index contributed by atoms with van der Waals surface area (Å²) in [6.07, 6.45) is -0.0871. The Balaban J connectivity index is 1.96. The maximum atomic E-state index is 6.02. The van der Waals surface area contributed by atoms with Gasteiger partial charge < -0.3 is 4.74 Å². The molecule has 4 nitrogen and oxygen atoms in total. The molecule has 0 aliphatic carbocycles. The van der Waals surface area contributed by atoms with Gasteiger partial charge in [0.1, 0.15) is 10.2 Å². The summed E-state index contributed by atoms with van der Waals surface area (Å²) < 4.78 is 6.02. The highest BCUT2D eigenvalue weighted by molar-refractivity contribution is 7.09. The molecule has 0 saturated heterocycles. The molecule has 0 bridgehead atoms. The Bertz CT molecular complexity index is 601. The monoisotopic (exact) mass is 295 g/mol. The molecule has 3 rings (SSSR count). The number of hydrogen-bond acceptors (Lipinski definition) is 5. The van der Waals surface area contributed by atoms with Crippen molar-refractivity contribution in [1.29, 1.82) is 0 Å². The third-order valence-electron chi connectivity index (χ3n) is 2.99. The van der Waals surface area contributed by atoms with Gasteiger partial charge in [0, 0.05) is 29.7 Å². The number of rotatable bonds is 1. The zero-order valence-corrected chi connectivity index (χ0v) is 12.3. The van der Waals surface area contributed by atoms with Crippen LogP contribution in [0.3, 0.4) is 0 Å². The molecule has 100 valence electrons. The quantitative estimate of drug-likeness (QED) is 0.758. The van der Waals surface area contributed by atoms with Crippen molar-refractivity contribution in [1.82, 2.24) is 14.9 Å². The number of nitrogens with zero attached hydrogens (tertiary/aromatic N) is 3. The van der Waals surface area contributed by atoms with E-state index in [-0.39, 0.29) is 6.10 Å². The molecule has 3 heterocycles. The molecule has 0 aromatic carbocycles. The van der Waals surface area contributed by atoms with Gasteiger partial charge in [-0.2, -0.15) is 0 Å². The minimum Gasteiger partial charge on any atom is -0.465 e. The second-order valence-corrected chi connectivity index (χ2v) is 6.01. The normalized spacial score (nSPS) is 19.6. The first-order valence-electron chi connectivity index (χ1n) is 6.04. The topological polar surface area (TPSA) is 38.2 Å². The van der Waals surface area contributed by atoms with Gasteiger partial charge in [0.05, 0.1) is 0 Å². The maximum Gasteiger partial charge on any atom is 0.220 e. The number of pyridine rings is 1. The van der Waals surface area contributed by atoms with Gasteiger partial charge in [0.2, 0.25) is 5.88 Å². The molecule has 19 heavy (non-hydrogen) atoms. The average molecular weight is 296 g/mol. The number of halogens is 1. The van der Waals surface area contributed by atoms with Crippen molar-refractivity contribution >= 4 is 22.9 Å². The zero-order valence-electron chi connectivity index (χ0n) is 10.8. The summed E-state index contributed by atoms with van der Waals surface area (Å²) in [7, 11) is 2.07. The van der Waals surface area contributed by atoms with Gasteiger partial charge in [-0.25, -0.2) is 9.97 Å². The van der Waals surface area contributed by atoms with Gasteiger partial charge >= 0.3 is 0 Å². The first-order chi connectivity index (χ1) is 9.11. The molecule has 1 aliphatic heterocycles. The predicted molar refractivity (Wildman–Crippen MR) is 75.8 cm³/mol. The van der Waals surface area contributed by atoms with Gasteiger partial charge in [0.25, 0.3) is 0 Å². The van der Waals surface area contributed by atoms with E-state index in [0.29, 0.717) is 11.0 Å². The van der Waals surface area contributed by atoms with Crippen LogP contribution in [0.2, 0.25) is 5.15 Å². The molecule has 2 aromatic rings. The van der Waals surface area contributed by atoms with Crippen LogP contribution < -0.4 is 4.74 Å². The first-order valence-corrected chi connectivity index (χ1v) is 7.30. The highest BCUT2D eigenvalue weighted by atomic mass is 35.5. The highest BCUT2D eigenvalue weighted by Crippen LogP contribution is 2.31. The minimum atomic E-state index is -0.0871. The van der Waals surface area contributed by atoms with E-state index in [1.807, 2.05) is 18.4 Å². The smallest absolute Gasteiger partial charge is 0.220 e. The molecule has 6 heteroatoms. The number of aromatic nitrogens is 2. The Morgan fingerprint density at radius 1 is 1.42 bits per heavy atom. The lowest BCUT2D eigenvalue weighted by atomic mass is 10.2. The molecule has 0 amide bonds. The van der Waals surface area contributed by atoms with E-state index >= 15 is 0 Å². The number of likely N-dealkylation sites (N-methyl/N-ethyl adjacent to an activating group) is 1. The van der Waals surface area contributed by atoms with E-state index in [1.165, 1.54) is 0 Å². The van der Waals surface area contributed by atoms with Gasteiger partial charge in [-0.1, -0.05) is 11.6 Å². The Labute approximate surface area is 121 Å². The molecule has 0 saturated carbocycles. The summed E-state index contributed by atoms with van der Waals surface area (Å²) in [5, 5.41) is 3.48. The van der Waals surface area contributed by atoms with Gasteiger partial charge in [-0.05, 0) is 26.1 Å². The van der Waals surface area contributed by atoms with E-state index in [1.54, 1.807) is 17.4 Å². The van der Waals surface area contributed by atoms with Crippen molar-refractivity contribution in [2.24, 2.45) is 0 Å². The van der Waals surface area contributed by atoms with Crippen LogP contribution in [0.1, 0.15) is 22.4 Å². The molecule has 1 aliphatic rings. The molecule has 0 spiro atoms. The van der Waals surface area contributed by atoms with Crippen LogP contribution in [0.5, 0.6) is 5.88 Å². The van der Waals surface area contributed by atoms with Crippen molar-refractivity contribution < 1.29 is 4.74 Å². The van der Waals surface area contributed by atoms with Crippen LogP contribution in [-0.4, -0.2) is 28.5 Å². The van der Waals surface area contributed by atoms with E-state index in [4.69, 9.17) is 16.3 Å². The third kappa shape index (κ3) is 2.73. The Morgan fingerprint density at radius 2 is 2.26 bits per heavy atom.